The molecule has 2 heterocycles. The van der Waals surface area contributed by atoms with Crippen LogP contribution in [0.1, 0.15) is 31.7 Å². The number of rotatable bonds is 5. The maximum Gasteiger partial charge on any atom is 0.325 e. The van der Waals surface area contributed by atoms with Crippen LogP contribution in [0.4, 0.5) is 4.79 Å². The van der Waals surface area contributed by atoms with Crippen molar-refractivity contribution in [3.63, 3.8) is 0 Å². The topological polar surface area (TPSA) is 61.4 Å². The Morgan fingerprint density at radius 2 is 1.88 bits per heavy atom. The van der Waals surface area contributed by atoms with Gasteiger partial charge in [0, 0.05) is 6.54 Å². The number of halogens is 1. The molecule has 0 spiro atoms. The Morgan fingerprint density at radius 1 is 1.20 bits per heavy atom. The fourth-order valence-electron chi connectivity index (χ4n) is 3.79. The normalized spacial score (nSPS) is 24.4. The molecule has 2 saturated heterocycles. The number of nitrogens with one attached hydrogen (secondary N) is 2. The van der Waals surface area contributed by atoms with Gasteiger partial charge in [0.1, 0.15) is 5.54 Å². The highest BCUT2D eigenvalue weighted by molar-refractivity contribution is 6.07. The zero-order valence-electron chi connectivity index (χ0n) is 14.5. The van der Waals surface area contributed by atoms with Crippen LogP contribution in [-0.4, -0.2) is 42.0 Å². The first kappa shape index (κ1) is 19.5. The second-order valence-corrected chi connectivity index (χ2v) is 6.51. The molecule has 2 fully saturated rings. The summed E-state index contributed by atoms with van der Waals surface area (Å²) >= 11 is 0. The Morgan fingerprint density at radius 3 is 2.52 bits per heavy atom. The number of hydrogen-bond donors (Lipinski definition) is 2. The van der Waals surface area contributed by atoms with E-state index in [9.17, 15) is 9.59 Å². The summed E-state index contributed by atoms with van der Waals surface area (Å²) in [5.41, 5.74) is 0.337. The summed E-state index contributed by atoms with van der Waals surface area (Å²) in [5.74, 6) is 0.142. The van der Waals surface area contributed by atoms with Gasteiger partial charge in [-0.1, -0.05) is 49.4 Å². The second-order valence-electron chi connectivity index (χ2n) is 6.51. The van der Waals surface area contributed by atoms with Gasteiger partial charge in [-0.2, -0.15) is 0 Å². The van der Waals surface area contributed by atoms with E-state index in [1.54, 1.807) is 0 Å². The number of imide groups is 1. The van der Waals surface area contributed by atoms with Gasteiger partial charge in [-0.05, 0) is 43.8 Å². The highest BCUT2D eigenvalue weighted by Crippen LogP contribution is 2.34. The molecule has 6 heteroatoms. The number of piperidine rings is 1. The van der Waals surface area contributed by atoms with Crippen molar-refractivity contribution < 1.29 is 9.59 Å². The quantitative estimate of drug-likeness (QED) is 0.791. The van der Waals surface area contributed by atoms with E-state index in [1.165, 1.54) is 4.90 Å². The molecule has 0 saturated carbocycles. The van der Waals surface area contributed by atoms with Crippen molar-refractivity contribution in [1.82, 2.24) is 15.5 Å². The summed E-state index contributed by atoms with van der Waals surface area (Å²) in [7, 11) is 0. The Hall–Kier alpha value is -1.85. The maximum atomic E-state index is 13.0. The van der Waals surface area contributed by atoms with E-state index < -0.39 is 5.54 Å². The summed E-state index contributed by atoms with van der Waals surface area (Å²) in [6.07, 6.45) is 6.31. The molecule has 0 radical (unpaired) electrons. The number of carbonyl (C=O) groups excluding carboxylic acids is 2. The molecule has 2 aliphatic rings. The van der Waals surface area contributed by atoms with Crippen LogP contribution in [0, 0.1) is 5.92 Å². The van der Waals surface area contributed by atoms with Gasteiger partial charge in [0.2, 0.25) is 0 Å². The first-order valence-corrected chi connectivity index (χ1v) is 8.74. The molecular formula is C19H26ClN3O2. The molecule has 0 bridgehead atoms. The van der Waals surface area contributed by atoms with Gasteiger partial charge in [0.15, 0.2) is 0 Å². The van der Waals surface area contributed by atoms with Gasteiger partial charge in [0.25, 0.3) is 5.91 Å². The van der Waals surface area contributed by atoms with Gasteiger partial charge < -0.3 is 10.6 Å². The fourth-order valence-corrected chi connectivity index (χ4v) is 3.79. The summed E-state index contributed by atoms with van der Waals surface area (Å²) in [6, 6.07) is 9.61. The molecule has 0 aromatic heterocycles. The molecule has 1 aromatic carbocycles. The third kappa shape index (κ3) is 3.88. The number of carbonyl (C=O) groups is 2. The van der Waals surface area contributed by atoms with Crippen LogP contribution in [0.5, 0.6) is 0 Å². The van der Waals surface area contributed by atoms with Crippen LogP contribution in [0.25, 0.3) is 6.08 Å². The predicted octanol–water partition coefficient (Wildman–Crippen LogP) is 2.82. The van der Waals surface area contributed by atoms with Gasteiger partial charge >= 0.3 is 6.03 Å². The zero-order chi connectivity index (χ0) is 17.0. The lowest BCUT2D eigenvalue weighted by molar-refractivity contribution is -0.133. The summed E-state index contributed by atoms with van der Waals surface area (Å²) < 4.78 is 0. The van der Waals surface area contributed by atoms with E-state index in [-0.39, 0.29) is 30.3 Å². The minimum atomic E-state index is -0.722. The van der Waals surface area contributed by atoms with Crippen molar-refractivity contribution >= 4 is 30.4 Å². The monoisotopic (exact) mass is 363 g/mol. The predicted molar refractivity (Wildman–Crippen MR) is 102 cm³/mol. The van der Waals surface area contributed by atoms with Crippen LogP contribution in [0.2, 0.25) is 0 Å². The van der Waals surface area contributed by atoms with Crippen LogP contribution in [0.3, 0.4) is 0 Å². The number of hydrogen-bond acceptors (Lipinski definition) is 3. The first-order valence-electron chi connectivity index (χ1n) is 8.74. The molecule has 0 aliphatic carbocycles. The summed E-state index contributed by atoms with van der Waals surface area (Å²) in [4.78, 5) is 26.7. The minimum absolute atomic E-state index is 0. The first-order chi connectivity index (χ1) is 11.7. The molecule has 5 nitrogen and oxygen atoms in total. The average Bonchev–Trinajstić information content (AvgIpc) is 2.88. The molecule has 25 heavy (non-hydrogen) atoms. The fraction of sp³-hybridized carbons (Fsp3) is 0.474. The van der Waals surface area contributed by atoms with E-state index >= 15 is 0 Å². The standard InChI is InChI=1S/C19H25N3O2.ClH/c1-2-19(16-10-12-20-13-11-16)17(23)22(18(24)21-19)14-6-9-15-7-4-3-5-8-15;/h3-9,16,20H,2,10-14H2,1H3,(H,21,24);1H. The van der Waals surface area contributed by atoms with Crippen LogP contribution < -0.4 is 10.6 Å². The number of urea groups is 1. The molecule has 136 valence electrons. The van der Waals surface area contributed by atoms with E-state index in [0.717, 1.165) is 31.5 Å². The Bertz CT molecular complexity index is 629. The summed E-state index contributed by atoms with van der Waals surface area (Å²) in [5, 5.41) is 6.33. The molecule has 1 unspecified atom stereocenters. The van der Waals surface area contributed by atoms with Gasteiger partial charge in [-0.3, -0.25) is 9.69 Å². The lowest BCUT2D eigenvalue weighted by atomic mass is 9.76. The van der Waals surface area contributed by atoms with E-state index in [0.29, 0.717) is 13.0 Å². The number of nitrogens with zero attached hydrogens (tertiary/aromatic N) is 1. The van der Waals surface area contributed by atoms with E-state index in [2.05, 4.69) is 10.6 Å². The SMILES string of the molecule is CCC1(C2CCNCC2)NC(=O)N(CC=Cc2ccccc2)C1=O.Cl. The molecule has 2 N–H and O–H groups in total. The van der Waals surface area contributed by atoms with Crippen LogP contribution in [0.15, 0.2) is 36.4 Å². The lowest BCUT2D eigenvalue weighted by Gasteiger charge is -2.37. The number of amides is 3. The van der Waals surface area contributed by atoms with E-state index in [1.807, 2.05) is 49.4 Å². The van der Waals surface area contributed by atoms with Crippen molar-refractivity contribution in [1.29, 1.82) is 0 Å². The van der Waals surface area contributed by atoms with Crippen molar-refractivity contribution in [2.45, 2.75) is 31.7 Å². The Balaban J connectivity index is 0.00000225. The molecular weight excluding hydrogens is 338 g/mol. The molecule has 2 aliphatic heterocycles. The zero-order valence-corrected chi connectivity index (χ0v) is 15.3. The maximum absolute atomic E-state index is 13.0. The Kier molecular flexibility index (Phi) is 6.62. The molecule has 1 aromatic rings. The van der Waals surface area contributed by atoms with Gasteiger partial charge in [-0.15, -0.1) is 12.4 Å². The van der Waals surface area contributed by atoms with Gasteiger partial charge in [-0.25, -0.2) is 4.79 Å². The lowest BCUT2D eigenvalue weighted by Crippen LogP contribution is -2.55. The molecule has 3 amide bonds. The van der Waals surface area contributed by atoms with Crippen molar-refractivity contribution in [3.8, 4) is 0 Å². The van der Waals surface area contributed by atoms with Crippen molar-refractivity contribution in [2.24, 2.45) is 5.92 Å². The van der Waals surface area contributed by atoms with Crippen LogP contribution in [-0.2, 0) is 4.79 Å². The molecule has 3 rings (SSSR count). The average molecular weight is 364 g/mol. The van der Waals surface area contributed by atoms with Crippen molar-refractivity contribution in [2.75, 3.05) is 19.6 Å². The van der Waals surface area contributed by atoms with Gasteiger partial charge in [0.05, 0.1) is 0 Å². The highest BCUT2D eigenvalue weighted by Gasteiger charge is 2.54. The third-order valence-electron chi connectivity index (χ3n) is 5.19. The smallest absolute Gasteiger partial charge is 0.323 e. The summed E-state index contributed by atoms with van der Waals surface area (Å²) in [6.45, 7) is 4.11. The van der Waals surface area contributed by atoms with E-state index in [4.69, 9.17) is 0 Å². The second kappa shape index (κ2) is 8.50. The largest absolute Gasteiger partial charge is 0.325 e. The highest BCUT2D eigenvalue weighted by atomic mass is 35.5. The minimum Gasteiger partial charge on any atom is -0.323 e. The molecule has 1 atom stereocenters. The third-order valence-corrected chi connectivity index (χ3v) is 5.19. The van der Waals surface area contributed by atoms with Crippen molar-refractivity contribution in [3.05, 3.63) is 42.0 Å². The number of benzene rings is 1. The van der Waals surface area contributed by atoms with Crippen LogP contribution >= 0.6 is 12.4 Å². The Labute approximate surface area is 155 Å².